The Morgan fingerprint density at radius 1 is 1.20 bits per heavy atom. The maximum Gasteiger partial charge on any atom is 0.410 e. The van der Waals surface area contributed by atoms with E-state index in [1.165, 1.54) is 0 Å². The molecule has 0 aromatic carbocycles. The van der Waals surface area contributed by atoms with Crippen molar-refractivity contribution < 1.29 is 18.7 Å². The minimum Gasteiger partial charge on any atom is -0.461 e. The number of aryl methyl sites for hydroxylation is 1. The predicted octanol–water partition coefficient (Wildman–Crippen LogP) is 4.71. The van der Waals surface area contributed by atoms with Gasteiger partial charge in [-0.15, -0.1) is 0 Å². The van der Waals surface area contributed by atoms with Crippen LogP contribution in [0.3, 0.4) is 0 Å². The average molecular weight is 586 g/mol. The standard InChI is InChI=1S/C29H37ClFN7O3/c1-28(2,3)41-27(39)38-18-6-7-19(38)15-36(14-18)25-21-20-8-10-32-23(30)22(20)35(4)24(21)33-26(34-25)40-16-29-9-5-11-37(29)13-17(31)12-29/h8,10,17-19H,5-7,9,11-16H2,1-4H3/t17-,18-,19+,29+/m1/s1. The van der Waals surface area contributed by atoms with Gasteiger partial charge in [-0.1, -0.05) is 11.6 Å². The van der Waals surface area contributed by atoms with Crippen molar-refractivity contribution in [1.82, 2.24) is 29.3 Å². The van der Waals surface area contributed by atoms with Crippen LogP contribution < -0.4 is 9.64 Å². The van der Waals surface area contributed by atoms with Crippen LogP contribution in [0.4, 0.5) is 15.0 Å². The number of alkyl halides is 1. The molecule has 0 unspecified atom stereocenters. The number of hydrogen-bond acceptors (Lipinski definition) is 8. The molecule has 0 spiro atoms. The van der Waals surface area contributed by atoms with Crippen LogP contribution in [0.2, 0.25) is 5.15 Å². The smallest absolute Gasteiger partial charge is 0.410 e. The fraction of sp³-hybridized carbons (Fsp3) is 0.655. The number of carbonyl (C=O) groups is 1. The van der Waals surface area contributed by atoms with Gasteiger partial charge in [0.15, 0.2) is 5.15 Å². The highest BCUT2D eigenvalue weighted by Gasteiger charge is 2.50. The lowest BCUT2D eigenvalue weighted by Crippen LogP contribution is -2.57. The van der Waals surface area contributed by atoms with E-state index < -0.39 is 11.8 Å². The minimum absolute atomic E-state index is 0.0177. The molecule has 4 fully saturated rings. The van der Waals surface area contributed by atoms with Gasteiger partial charge >= 0.3 is 12.1 Å². The fourth-order valence-corrected chi connectivity index (χ4v) is 7.87. The highest BCUT2D eigenvalue weighted by Crippen LogP contribution is 2.42. The molecule has 4 aliphatic heterocycles. The first-order valence-corrected chi connectivity index (χ1v) is 15.0. The van der Waals surface area contributed by atoms with Crippen molar-refractivity contribution in [2.24, 2.45) is 7.05 Å². The number of piperazine rings is 1. The second-order valence-corrected chi connectivity index (χ2v) is 13.5. The number of aromatic nitrogens is 4. The second kappa shape index (κ2) is 9.55. The first-order chi connectivity index (χ1) is 19.5. The molecule has 0 radical (unpaired) electrons. The molecule has 10 nitrogen and oxygen atoms in total. The summed E-state index contributed by atoms with van der Waals surface area (Å²) in [5, 5.41) is 2.20. The Bertz CT molecular complexity index is 1510. The van der Waals surface area contributed by atoms with Crippen molar-refractivity contribution >= 4 is 45.4 Å². The molecule has 3 aromatic rings. The van der Waals surface area contributed by atoms with Crippen molar-refractivity contribution in [2.45, 2.75) is 82.3 Å². The van der Waals surface area contributed by atoms with E-state index in [4.69, 9.17) is 31.0 Å². The van der Waals surface area contributed by atoms with Crippen LogP contribution in [0, 0.1) is 0 Å². The molecule has 12 heteroatoms. The van der Waals surface area contributed by atoms with Gasteiger partial charge in [0, 0.05) is 44.7 Å². The molecule has 1 amide bonds. The van der Waals surface area contributed by atoms with Gasteiger partial charge in [-0.05, 0) is 59.1 Å². The van der Waals surface area contributed by atoms with Crippen LogP contribution in [0.1, 0.15) is 52.9 Å². The SMILES string of the molecule is Cn1c2nc(OC[C@@]34CCCN3C[C@H](F)C4)nc(N3C[C@H]4CC[C@@H](C3)N4C(=O)OC(C)(C)C)c2c2ccnc(Cl)c21. The summed E-state index contributed by atoms with van der Waals surface area (Å²) in [7, 11) is 1.92. The third-order valence-corrected chi connectivity index (χ3v) is 9.55. The predicted molar refractivity (Wildman–Crippen MR) is 154 cm³/mol. The number of fused-ring (bicyclic) bond motifs is 6. The van der Waals surface area contributed by atoms with E-state index in [0.29, 0.717) is 43.5 Å². The van der Waals surface area contributed by atoms with E-state index in [9.17, 15) is 9.18 Å². The van der Waals surface area contributed by atoms with Gasteiger partial charge in [-0.2, -0.15) is 9.97 Å². The van der Waals surface area contributed by atoms with Crippen LogP contribution in [-0.2, 0) is 11.8 Å². The molecule has 4 aliphatic rings. The molecule has 7 heterocycles. The number of nitrogens with zero attached hydrogens (tertiary/aromatic N) is 7. The summed E-state index contributed by atoms with van der Waals surface area (Å²) in [6.45, 7) is 8.64. The number of carbonyl (C=O) groups excluding carboxylic acids is 1. The highest BCUT2D eigenvalue weighted by molar-refractivity contribution is 6.35. The Kier molecular flexibility index (Phi) is 6.28. The minimum atomic E-state index is -0.831. The molecule has 3 aromatic heterocycles. The molecule has 2 bridgehead atoms. The Hall–Kier alpha value is -2.92. The monoisotopic (exact) mass is 585 g/mol. The fourth-order valence-electron chi connectivity index (χ4n) is 7.59. The Labute approximate surface area is 243 Å². The quantitative estimate of drug-likeness (QED) is 0.407. The lowest BCUT2D eigenvalue weighted by molar-refractivity contribution is 0.0122. The average Bonchev–Trinajstić information content (AvgIpc) is 3.59. The lowest BCUT2D eigenvalue weighted by atomic mass is 9.95. The van der Waals surface area contributed by atoms with E-state index >= 15 is 0 Å². The zero-order valence-electron chi connectivity index (χ0n) is 24.1. The third-order valence-electron chi connectivity index (χ3n) is 9.27. The van der Waals surface area contributed by atoms with E-state index in [1.807, 2.05) is 43.4 Å². The van der Waals surface area contributed by atoms with Gasteiger partial charge in [0.25, 0.3) is 0 Å². The summed E-state index contributed by atoms with van der Waals surface area (Å²) in [6.07, 6.45) is 4.86. The molecule has 0 N–H and O–H groups in total. The topological polar surface area (TPSA) is 88.9 Å². The molecule has 220 valence electrons. The van der Waals surface area contributed by atoms with Crippen molar-refractivity contribution in [2.75, 3.05) is 37.7 Å². The number of halogens is 2. The third kappa shape index (κ3) is 4.47. The van der Waals surface area contributed by atoms with Gasteiger partial charge < -0.3 is 18.9 Å². The maximum atomic E-state index is 14.4. The number of pyridine rings is 1. The number of hydrogen-bond donors (Lipinski definition) is 0. The van der Waals surface area contributed by atoms with E-state index in [2.05, 4.69) is 14.8 Å². The van der Waals surface area contributed by atoms with Crippen LogP contribution >= 0.6 is 11.6 Å². The van der Waals surface area contributed by atoms with Crippen molar-refractivity contribution in [3.05, 3.63) is 17.4 Å². The van der Waals surface area contributed by atoms with Crippen molar-refractivity contribution in [1.29, 1.82) is 0 Å². The summed E-state index contributed by atoms with van der Waals surface area (Å²) in [4.78, 5) is 33.7. The molecule has 0 aliphatic carbocycles. The normalized spacial score (nSPS) is 28.2. The first kappa shape index (κ1) is 26.9. The van der Waals surface area contributed by atoms with Gasteiger partial charge in [0.05, 0.1) is 28.5 Å². The van der Waals surface area contributed by atoms with Crippen molar-refractivity contribution in [3.63, 3.8) is 0 Å². The summed E-state index contributed by atoms with van der Waals surface area (Å²) in [6, 6.07) is 2.25. The number of rotatable bonds is 4. The van der Waals surface area contributed by atoms with Gasteiger partial charge in [0.2, 0.25) is 0 Å². The van der Waals surface area contributed by atoms with Crippen LogP contribution in [-0.4, -0.2) is 97.6 Å². The Morgan fingerprint density at radius 3 is 2.68 bits per heavy atom. The maximum absolute atomic E-state index is 14.4. The van der Waals surface area contributed by atoms with E-state index in [-0.39, 0.29) is 29.7 Å². The summed E-state index contributed by atoms with van der Waals surface area (Å²) >= 11 is 6.57. The molecule has 0 saturated carbocycles. The number of amides is 1. The number of anilines is 1. The molecule has 4 atom stereocenters. The highest BCUT2D eigenvalue weighted by atomic mass is 35.5. The summed E-state index contributed by atoms with van der Waals surface area (Å²) in [5.41, 5.74) is 0.629. The first-order valence-electron chi connectivity index (χ1n) is 14.6. The molecule has 4 saturated heterocycles. The zero-order chi connectivity index (χ0) is 28.7. The van der Waals surface area contributed by atoms with Crippen LogP contribution in [0.15, 0.2) is 12.3 Å². The lowest BCUT2D eigenvalue weighted by Gasteiger charge is -2.42. The summed E-state index contributed by atoms with van der Waals surface area (Å²) < 4.78 is 28.4. The van der Waals surface area contributed by atoms with Gasteiger partial charge in [-0.3, -0.25) is 9.80 Å². The zero-order valence-corrected chi connectivity index (χ0v) is 24.8. The number of ether oxygens (including phenoxy) is 2. The largest absolute Gasteiger partial charge is 0.461 e. The Balaban J connectivity index is 1.26. The van der Waals surface area contributed by atoms with E-state index in [0.717, 1.165) is 54.3 Å². The molecule has 41 heavy (non-hydrogen) atoms. The molecular weight excluding hydrogens is 549 g/mol. The molecular formula is C29H37ClFN7O3. The second-order valence-electron chi connectivity index (χ2n) is 13.1. The van der Waals surface area contributed by atoms with Crippen LogP contribution in [0.25, 0.3) is 21.9 Å². The summed E-state index contributed by atoms with van der Waals surface area (Å²) in [5.74, 6) is 0.758. The molecule has 7 rings (SSSR count). The Morgan fingerprint density at radius 2 is 1.95 bits per heavy atom. The van der Waals surface area contributed by atoms with Crippen molar-refractivity contribution in [3.8, 4) is 6.01 Å². The van der Waals surface area contributed by atoms with Crippen LogP contribution in [0.5, 0.6) is 6.01 Å². The van der Waals surface area contributed by atoms with Gasteiger partial charge in [-0.25, -0.2) is 14.2 Å². The van der Waals surface area contributed by atoms with E-state index in [1.54, 1.807) is 6.20 Å². The van der Waals surface area contributed by atoms with Gasteiger partial charge in [0.1, 0.15) is 29.8 Å².